The Balaban J connectivity index is 1.28. The van der Waals surface area contributed by atoms with E-state index in [9.17, 15) is 9.59 Å². The normalized spacial score (nSPS) is 12.8. The van der Waals surface area contributed by atoms with Crippen LogP contribution in [0.2, 0.25) is 0 Å². The molecule has 0 fully saturated rings. The molecule has 0 aliphatic rings. The van der Waals surface area contributed by atoms with Crippen molar-refractivity contribution >= 4 is 33.6 Å². The number of carbonyl (C=O) groups is 2. The van der Waals surface area contributed by atoms with Gasteiger partial charge in [0.25, 0.3) is 0 Å². The first-order valence-electron chi connectivity index (χ1n) is 13.1. The van der Waals surface area contributed by atoms with Crippen LogP contribution in [0.15, 0.2) is 85.2 Å². The number of nitrogens with one attached hydrogen (secondary N) is 4. The fourth-order valence-corrected chi connectivity index (χ4v) is 4.90. The molecule has 8 heteroatoms. The Morgan fingerprint density at radius 3 is 2.36 bits per heavy atom. The molecule has 0 aliphatic heterocycles. The highest BCUT2D eigenvalue weighted by molar-refractivity contribution is 5.91. The second-order valence-corrected chi connectivity index (χ2v) is 9.69. The van der Waals surface area contributed by atoms with E-state index in [-0.39, 0.29) is 11.8 Å². The van der Waals surface area contributed by atoms with E-state index in [1.165, 1.54) is 0 Å². The van der Waals surface area contributed by atoms with Gasteiger partial charge in [-0.25, -0.2) is 0 Å². The van der Waals surface area contributed by atoms with Gasteiger partial charge in [-0.2, -0.15) is 0 Å². The van der Waals surface area contributed by atoms with Crippen LogP contribution < -0.4 is 21.1 Å². The molecule has 6 N–H and O–H groups in total. The minimum Gasteiger partial charge on any atom is -0.497 e. The van der Waals surface area contributed by atoms with Crippen molar-refractivity contribution in [3.8, 4) is 5.75 Å². The van der Waals surface area contributed by atoms with E-state index in [2.05, 4.69) is 20.6 Å². The summed E-state index contributed by atoms with van der Waals surface area (Å²) >= 11 is 0. The third-order valence-corrected chi connectivity index (χ3v) is 7.04. The largest absolute Gasteiger partial charge is 0.497 e. The molecule has 2 amide bonds. The topological polar surface area (TPSA) is 125 Å². The van der Waals surface area contributed by atoms with Crippen molar-refractivity contribution in [2.75, 3.05) is 13.7 Å². The summed E-state index contributed by atoms with van der Waals surface area (Å²) in [5.74, 6) is 0.168. The molecule has 5 rings (SSSR count). The van der Waals surface area contributed by atoms with Crippen molar-refractivity contribution in [3.63, 3.8) is 0 Å². The molecule has 0 bridgehead atoms. The number of hydrogen-bond acceptors (Lipinski definition) is 4. The van der Waals surface area contributed by atoms with E-state index in [1.807, 2.05) is 85.2 Å². The first-order chi connectivity index (χ1) is 19.0. The van der Waals surface area contributed by atoms with E-state index in [0.717, 1.165) is 44.2 Å². The second kappa shape index (κ2) is 11.9. The van der Waals surface area contributed by atoms with Crippen LogP contribution in [0, 0.1) is 0 Å². The number of ether oxygens (including phenoxy) is 1. The summed E-state index contributed by atoms with van der Waals surface area (Å²) in [4.78, 5) is 33.0. The maximum atomic E-state index is 13.4. The van der Waals surface area contributed by atoms with E-state index in [1.54, 1.807) is 7.11 Å². The van der Waals surface area contributed by atoms with Crippen molar-refractivity contribution in [1.82, 2.24) is 20.6 Å². The minimum atomic E-state index is -0.776. The summed E-state index contributed by atoms with van der Waals surface area (Å²) < 4.78 is 5.36. The van der Waals surface area contributed by atoms with Crippen LogP contribution >= 0.6 is 0 Å². The molecule has 5 aromatic rings. The summed E-state index contributed by atoms with van der Waals surface area (Å²) in [6.07, 6.45) is 5.19. The maximum Gasteiger partial charge on any atom is 0.242 e. The Labute approximate surface area is 226 Å². The summed E-state index contributed by atoms with van der Waals surface area (Å²) in [6, 6.07) is 21.8. The highest BCUT2D eigenvalue weighted by Crippen LogP contribution is 2.24. The number of amides is 2. The molecule has 2 atom stereocenters. The van der Waals surface area contributed by atoms with E-state index >= 15 is 0 Å². The molecule has 2 aromatic heterocycles. The van der Waals surface area contributed by atoms with Crippen molar-refractivity contribution in [2.24, 2.45) is 5.73 Å². The number of hydrogen-bond donors (Lipinski definition) is 5. The van der Waals surface area contributed by atoms with Gasteiger partial charge in [-0.05, 0) is 53.8 Å². The molecule has 0 spiro atoms. The van der Waals surface area contributed by atoms with Crippen LogP contribution in [0.3, 0.4) is 0 Å². The third-order valence-electron chi connectivity index (χ3n) is 7.04. The molecular formula is C31H33N5O3. The standard InChI is InChI=1S/C31H33N5O3/c1-39-23-11-12-28-25(17-23)21(18-34-28)13-14-33-31(38)29(16-22-19-35-27-10-6-5-9-24(22)27)36-30(37)26(32)15-20-7-3-2-4-8-20/h2-12,17-19,26,29,34-35H,13-16,32H2,1H3,(H,33,38)(H,36,37)/t26-,29-/m0/s1. The number of aromatic amines is 2. The summed E-state index contributed by atoms with van der Waals surface area (Å²) in [7, 11) is 1.64. The SMILES string of the molecule is COc1ccc2[nH]cc(CCNC(=O)[C@H](Cc3c[nH]c4ccccc34)NC(=O)[C@@H](N)Cc3ccccc3)c2c1. The van der Waals surface area contributed by atoms with Crippen LogP contribution in [0.4, 0.5) is 0 Å². The second-order valence-electron chi connectivity index (χ2n) is 9.69. The van der Waals surface area contributed by atoms with Gasteiger partial charge in [-0.15, -0.1) is 0 Å². The molecule has 3 aromatic carbocycles. The lowest BCUT2D eigenvalue weighted by Gasteiger charge is -2.21. The molecular weight excluding hydrogens is 490 g/mol. The third kappa shape index (κ3) is 6.13. The quantitative estimate of drug-likeness (QED) is 0.181. The average Bonchev–Trinajstić information content (AvgIpc) is 3.56. The number of nitrogens with two attached hydrogens (primary N) is 1. The zero-order valence-electron chi connectivity index (χ0n) is 21.9. The zero-order valence-corrected chi connectivity index (χ0v) is 21.9. The van der Waals surface area contributed by atoms with Gasteiger partial charge in [-0.3, -0.25) is 9.59 Å². The van der Waals surface area contributed by atoms with Gasteiger partial charge in [-0.1, -0.05) is 48.5 Å². The lowest BCUT2D eigenvalue weighted by atomic mass is 10.0. The van der Waals surface area contributed by atoms with E-state index in [4.69, 9.17) is 10.5 Å². The van der Waals surface area contributed by atoms with Gasteiger partial charge in [0, 0.05) is 47.2 Å². The van der Waals surface area contributed by atoms with Crippen molar-refractivity contribution < 1.29 is 14.3 Å². The Hall–Kier alpha value is -4.56. The molecule has 0 unspecified atom stereocenters. The highest BCUT2D eigenvalue weighted by atomic mass is 16.5. The van der Waals surface area contributed by atoms with Gasteiger partial charge >= 0.3 is 0 Å². The number of rotatable bonds is 11. The fraction of sp³-hybridized carbons (Fsp3) is 0.226. The Kier molecular flexibility index (Phi) is 7.94. The van der Waals surface area contributed by atoms with Gasteiger partial charge in [0.2, 0.25) is 11.8 Å². The van der Waals surface area contributed by atoms with Crippen molar-refractivity contribution in [1.29, 1.82) is 0 Å². The first-order valence-corrected chi connectivity index (χ1v) is 13.1. The molecule has 39 heavy (non-hydrogen) atoms. The number of para-hydroxylation sites is 1. The fourth-order valence-electron chi connectivity index (χ4n) is 4.90. The van der Waals surface area contributed by atoms with Gasteiger partial charge < -0.3 is 31.1 Å². The van der Waals surface area contributed by atoms with Crippen LogP contribution in [-0.4, -0.2) is 47.5 Å². The molecule has 0 radical (unpaired) electrons. The van der Waals surface area contributed by atoms with Gasteiger partial charge in [0.15, 0.2) is 0 Å². The van der Waals surface area contributed by atoms with Crippen LogP contribution in [0.25, 0.3) is 21.8 Å². The molecule has 0 saturated heterocycles. The summed E-state index contributed by atoms with van der Waals surface area (Å²) in [6.45, 7) is 0.416. The van der Waals surface area contributed by atoms with Gasteiger partial charge in [0.1, 0.15) is 11.8 Å². The minimum absolute atomic E-state index is 0.252. The van der Waals surface area contributed by atoms with Crippen LogP contribution in [0.5, 0.6) is 5.75 Å². The number of benzene rings is 3. The number of methoxy groups -OCH3 is 1. The van der Waals surface area contributed by atoms with Crippen molar-refractivity contribution in [3.05, 3.63) is 102 Å². The highest BCUT2D eigenvalue weighted by Gasteiger charge is 2.25. The Bertz CT molecular complexity index is 1570. The first kappa shape index (κ1) is 26.1. The van der Waals surface area contributed by atoms with Gasteiger partial charge in [0.05, 0.1) is 13.2 Å². The predicted molar refractivity (Wildman–Crippen MR) is 154 cm³/mol. The number of aromatic nitrogens is 2. The molecule has 0 saturated carbocycles. The Morgan fingerprint density at radius 2 is 1.56 bits per heavy atom. The lowest BCUT2D eigenvalue weighted by molar-refractivity contribution is -0.129. The smallest absolute Gasteiger partial charge is 0.242 e. The molecule has 200 valence electrons. The molecule has 0 aliphatic carbocycles. The lowest BCUT2D eigenvalue weighted by Crippen LogP contribution is -2.53. The summed E-state index contributed by atoms with van der Waals surface area (Å²) in [5.41, 5.74) is 11.2. The monoisotopic (exact) mass is 523 g/mol. The average molecular weight is 524 g/mol. The number of fused-ring (bicyclic) bond motifs is 2. The number of carbonyl (C=O) groups excluding carboxylic acids is 2. The summed E-state index contributed by atoms with van der Waals surface area (Å²) in [5, 5.41) is 8.01. The predicted octanol–water partition coefficient (Wildman–Crippen LogP) is 3.61. The Morgan fingerprint density at radius 1 is 0.846 bits per heavy atom. The molecule has 8 nitrogen and oxygen atoms in total. The molecule has 2 heterocycles. The van der Waals surface area contributed by atoms with E-state index < -0.39 is 12.1 Å². The number of H-pyrrole nitrogens is 2. The van der Waals surface area contributed by atoms with Crippen molar-refractivity contribution in [2.45, 2.75) is 31.3 Å². The maximum absolute atomic E-state index is 13.4. The van der Waals surface area contributed by atoms with Crippen LogP contribution in [0.1, 0.15) is 16.7 Å². The van der Waals surface area contributed by atoms with E-state index in [0.29, 0.717) is 25.8 Å². The zero-order chi connectivity index (χ0) is 27.2. The van der Waals surface area contributed by atoms with Crippen LogP contribution in [-0.2, 0) is 28.9 Å².